The first-order valence-electron chi connectivity index (χ1n) is 6.71. The monoisotopic (exact) mass is 276 g/mol. The summed E-state index contributed by atoms with van der Waals surface area (Å²) in [6, 6.07) is 15.3. The fourth-order valence-electron chi connectivity index (χ4n) is 2.55. The molecule has 5 heteroatoms. The molecule has 0 amide bonds. The molecule has 1 aromatic heterocycles. The van der Waals surface area contributed by atoms with Crippen molar-refractivity contribution in [2.24, 2.45) is 5.10 Å². The first-order valence-corrected chi connectivity index (χ1v) is 6.71. The number of ketones is 1. The number of aromatic amines is 1. The molecule has 0 saturated carbocycles. The van der Waals surface area contributed by atoms with Gasteiger partial charge in [-0.15, -0.1) is 0 Å². The Hall–Kier alpha value is -2.95. The lowest BCUT2D eigenvalue weighted by Gasteiger charge is -1.99. The number of H-pyrrole nitrogens is 1. The summed E-state index contributed by atoms with van der Waals surface area (Å²) in [5.41, 5.74) is 7.11. The van der Waals surface area contributed by atoms with Gasteiger partial charge in [0.25, 0.3) is 0 Å². The van der Waals surface area contributed by atoms with Gasteiger partial charge in [-0.1, -0.05) is 36.4 Å². The van der Waals surface area contributed by atoms with Gasteiger partial charge in [-0.3, -0.25) is 4.79 Å². The average molecular weight is 276 g/mol. The van der Waals surface area contributed by atoms with Crippen LogP contribution in [-0.2, 0) is 0 Å². The maximum absolute atomic E-state index is 11.9. The number of imidazole rings is 1. The quantitative estimate of drug-likeness (QED) is 0.707. The summed E-state index contributed by atoms with van der Waals surface area (Å²) in [6.45, 7) is 0. The Labute approximate surface area is 120 Å². The Morgan fingerprint density at radius 2 is 1.81 bits per heavy atom. The van der Waals surface area contributed by atoms with E-state index in [4.69, 9.17) is 0 Å². The van der Waals surface area contributed by atoms with Gasteiger partial charge in [0.05, 0.1) is 23.2 Å². The molecule has 1 aliphatic carbocycles. The zero-order valence-corrected chi connectivity index (χ0v) is 11.1. The van der Waals surface area contributed by atoms with Gasteiger partial charge >= 0.3 is 0 Å². The number of hydrogen-bond acceptors (Lipinski definition) is 4. The summed E-state index contributed by atoms with van der Waals surface area (Å²) in [4.78, 5) is 19.4. The lowest BCUT2D eigenvalue weighted by molar-refractivity contribution is 0.101. The van der Waals surface area contributed by atoms with Gasteiger partial charge in [-0.25, -0.2) is 10.4 Å². The molecule has 4 rings (SSSR count). The first kappa shape index (κ1) is 11.8. The molecular formula is C16H12N4O. The fourth-order valence-corrected chi connectivity index (χ4v) is 2.55. The van der Waals surface area contributed by atoms with E-state index in [1.807, 2.05) is 48.5 Å². The van der Waals surface area contributed by atoms with Gasteiger partial charge in [0.1, 0.15) is 0 Å². The predicted octanol–water partition coefficient (Wildman–Crippen LogP) is 2.97. The number of carbonyl (C=O) groups is 1. The van der Waals surface area contributed by atoms with Crippen LogP contribution in [0.2, 0.25) is 0 Å². The number of nitrogens with zero attached hydrogens (tertiary/aromatic N) is 2. The molecule has 0 saturated heterocycles. The molecular weight excluding hydrogens is 264 g/mol. The standard InChI is InChI=1S/C16H12N4O/c21-15-9-14(10-5-1-2-6-11(10)15)19-20-16-17-12-7-3-4-8-13(12)18-16/h1-8H,9H2,(H2,17,18,20). The van der Waals surface area contributed by atoms with E-state index >= 15 is 0 Å². The molecule has 0 radical (unpaired) electrons. The van der Waals surface area contributed by atoms with Crippen molar-refractivity contribution >= 4 is 28.5 Å². The number of rotatable bonds is 2. The molecule has 0 bridgehead atoms. The molecule has 0 spiro atoms. The molecule has 3 aromatic rings. The van der Waals surface area contributed by atoms with Crippen molar-refractivity contribution in [3.8, 4) is 0 Å². The second kappa shape index (κ2) is 4.56. The number of anilines is 1. The molecule has 0 atom stereocenters. The number of para-hydroxylation sites is 2. The molecule has 2 aromatic carbocycles. The van der Waals surface area contributed by atoms with E-state index in [-0.39, 0.29) is 5.78 Å². The van der Waals surface area contributed by atoms with Crippen LogP contribution in [0, 0.1) is 0 Å². The van der Waals surface area contributed by atoms with E-state index < -0.39 is 0 Å². The van der Waals surface area contributed by atoms with Gasteiger partial charge in [0.2, 0.25) is 5.95 Å². The number of hydrogen-bond donors (Lipinski definition) is 2. The molecule has 0 fully saturated rings. The zero-order chi connectivity index (χ0) is 14.2. The van der Waals surface area contributed by atoms with Crippen molar-refractivity contribution in [1.29, 1.82) is 0 Å². The Morgan fingerprint density at radius 3 is 2.67 bits per heavy atom. The van der Waals surface area contributed by atoms with Crippen LogP contribution in [0.3, 0.4) is 0 Å². The summed E-state index contributed by atoms with van der Waals surface area (Å²) >= 11 is 0. The molecule has 2 N–H and O–H groups in total. The number of hydrazone groups is 1. The second-order valence-electron chi connectivity index (χ2n) is 4.92. The highest BCUT2D eigenvalue weighted by molar-refractivity contribution is 6.26. The molecule has 102 valence electrons. The van der Waals surface area contributed by atoms with Crippen LogP contribution in [0.1, 0.15) is 22.3 Å². The highest BCUT2D eigenvalue weighted by atomic mass is 16.1. The Bertz CT molecular complexity index is 846. The molecule has 0 aliphatic heterocycles. The van der Waals surface area contributed by atoms with Crippen molar-refractivity contribution in [3.63, 3.8) is 0 Å². The van der Waals surface area contributed by atoms with Crippen LogP contribution in [0.5, 0.6) is 0 Å². The van der Waals surface area contributed by atoms with Crippen LogP contribution in [0.15, 0.2) is 53.6 Å². The number of carbonyl (C=O) groups excluding carboxylic acids is 1. The number of nitrogens with one attached hydrogen (secondary N) is 2. The molecule has 5 nitrogen and oxygen atoms in total. The minimum Gasteiger partial charge on any atom is -0.323 e. The van der Waals surface area contributed by atoms with Crippen LogP contribution in [0.4, 0.5) is 5.95 Å². The van der Waals surface area contributed by atoms with Gasteiger partial charge < -0.3 is 4.98 Å². The molecule has 21 heavy (non-hydrogen) atoms. The summed E-state index contributed by atoms with van der Waals surface area (Å²) in [5, 5.41) is 4.33. The van der Waals surface area contributed by atoms with E-state index in [9.17, 15) is 4.79 Å². The van der Waals surface area contributed by atoms with E-state index in [1.165, 1.54) is 0 Å². The van der Waals surface area contributed by atoms with Gasteiger partial charge in [0, 0.05) is 11.1 Å². The Kier molecular flexibility index (Phi) is 2.57. The number of benzene rings is 2. The molecule has 0 unspecified atom stereocenters. The highest BCUT2D eigenvalue weighted by Crippen LogP contribution is 2.22. The van der Waals surface area contributed by atoms with Gasteiger partial charge in [0.15, 0.2) is 5.78 Å². The Morgan fingerprint density at radius 1 is 1.05 bits per heavy atom. The normalized spacial score (nSPS) is 15.6. The second-order valence-corrected chi connectivity index (χ2v) is 4.92. The van der Waals surface area contributed by atoms with Gasteiger partial charge in [-0.2, -0.15) is 5.10 Å². The summed E-state index contributed by atoms with van der Waals surface area (Å²) in [5.74, 6) is 0.677. The summed E-state index contributed by atoms with van der Waals surface area (Å²) in [6.07, 6.45) is 0.326. The number of Topliss-reactive ketones (excluding diaryl/α,β-unsaturated/α-hetero) is 1. The SMILES string of the molecule is O=C1CC(=NNc2nc3ccccc3[nH]2)c2ccccc21. The van der Waals surface area contributed by atoms with E-state index in [2.05, 4.69) is 20.5 Å². The minimum absolute atomic E-state index is 0.107. The number of aromatic nitrogens is 2. The third-order valence-corrected chi connectivity index (χ3v) is 3.55. The van der Waals surface area contributed by atoms with Crippen molar-refractivity contribution in [3.05, 3.63) is 59.7 Å². The molecule has 1 heterocycles. The van der Waals surface area contributed by atoms with Crippen molar-refractivity contribution < 1.29 is 4.79 Å². The van der Waals surface area contributed by atoms with Crippen molar-refractivity contribution in [1.82, 2.24) is 9.97 Å². The number of fused-ring (bicyclic) bond motifs is 2. The smallest absolute Gasteiger partial charge is 0.222 e. The lowest BCUT2D eigenvalue weighted by atomic mass is 10.1. The Balaban J connectivity index is 1.66. The third kappa shape index (κ3) is 1.99. The minimum atomic E-state index is 0.107. The van der Waals surface area contributed by atoms with Crippen LogP contribution in [-0.4, -0.2) is 21.5 Å². The van der Waals surface area contributed by atoms with E-state index in [1.54, 1.807) is 0 Å². The van der Waals surface area contributed by atoms with Crippen LogP contribution in [0.25, 0.3) is 11.0 Å². The van der Waals surface area contributed by atoms with Crippen LogP contribution < -0.4 is 5.43 Å². The first-order chi connectivity index (χ1) is 10.3. The van der Waals surface area contributed by atoms with Gasteiger partial charge in [-0.05, 0) is 12.1 Å². The van der Waals surface area contributed by atoms with Crippen molar-refractivity contribution in [2.45, 2.75) is 6.42 Å². The highest BCUT2D eigenvalue weighted by Gasteiger charge is 2.24. The molecule has 1 aliphatic rings. The average Bonchev–Trinajstić information content (AvgIpc) is 3.07. The zero-order valence-electron chi connectivity index (χ0n) is 11.1. The summed E-state index contributed by atoms with van der Waals surface area (Å²) < 4.78 is 0. The largest absolute Gasteiger partial charge is 0.323 e. The van der Waals surface area contributed by atoms with Crippen molar-refractivity contribution in [2.75, 3.05) is 5.43 Å². The maximum atomic E-state index is 11.9. The summed E-state index contributed by atoms with van der Waals surface area (Å²) in [7, 11) is 0. The van der Waals surface area contributed by atoms with E-state index in [0.717, 1.165) is 27.9 Å². The van der Waals surface area contributed by atoms with E-state index in [0.29, 0.717) is 12.4 Å². The van der Waals surface area contributed by atoms with Crippen LogP contribution >= 0.6 is 0 Å². The fraction of sp³-hybridized carbons (Fsp3) is 0.0625. The maximum Gasteiger partial charge on any atom is 0.222 e. The topological polar surface area (TPSA) is 70.1 Å². The predicted molar refractivity (Wildman–Crippen MR) is 81.6 cm³/mol. The third-order valence-electron chi connectivity index (χ3n) is 3.55. The lowest BCUT2D eigenvalue weighted by Crippen LogP contribution is -2.01.